The van der Waals surface area contributed by atoms with Crippen LogP contribution < -0.4 is 14.8 Å². The first kappa shape index (κ1) is 28.9. The number of carbonyl (C=O) groups is 2. The van der Waals surface area contributed by atoms with Gasteiger partial charge in [0.2, 0.25) is 5.91 Å². The predicted molar refractivity (Wildman–Crippen MR) is 160 cm³/mol. The predicted octanol–water partition coefficient (Wildman–Crippen LogP) is 5.82. The van der Waals surface area contributed by atoms with Crippen molar-refractivity contribution in [1.29, 1.82) is 0 Å². The number of rotatable bonds is 10. The van der Waals surface area contributed by atoms with E-state index in [-0.39, 0.29) is 31.3 Å². The number of amidine groups is 1. The molecule has 0 saturated heterocycles. The van der Waals surface area contributed by atoms with E-state index in [0.29, 0.717) is 39.2 Å². The molecule has 0 spiro atoms. The zero-order valence-electron chi connectivity index (χ0n) is 23.4. The molecule has 1 amide bonds. The van der Waals surface area contributed by atoms with Crippen molar-refractivity contribution in [2.24, 2.45) is 4.99 Å². The Bertz CT molecular complexity index is 1570. The second kappa shape index (κ2) is 12.9. The number of nitrogens with zero attached hydrogens (tertiary/aromatic N) is 2. The summed E-state index contributed by atoms with van der Waals surface area (Å²) in [4.78, 5) is 33.7. The lowest BCUT2D eigenvalue weighted by molar-refractivity contribution is -0.139. The van der Waals surface area contributed by atoms with Crippen LogP contribution in [0.4, 0.5) is 4.39 Å². The van der Waals surface area contributed by atoms with Gasteiger partial charge in [-0.25, -0.2) is 14.2 Å². The summed E-state index contributed by atoms with van der Waals surface area (Å²) >= 11 is 1.38. The van der Waals surface area contributed by atoms with Crippen molar-refractivity contribution in [3.63, 3.8) is 0 Å². The van der Waals surface area contributed by atoms with Gasteiger partial charge in [-0.2, -0.15) is 0 Å². The smallest absolute Gasteiger partial charge is 0.338 e. The Labute approximate surface area is 247 Å². The van der Waals surface area contributed by atoms with Crippen LogP contribution in [-0.2, 0) is 20.9 Å². The molecule has 5 rings (SSSR count). The van der Waals surface area contributed by atoms with Gasteiger partial charge in [0.05, 0.1) is 44.6 Å². The Hall–Kier alpha value is -4.57. The quantitative estimate of drug-likeness (QED) is 0.299. The molecule has 42 heavy (non-hydrogen) atoms. The highest BCUT2D eigenvalue weighted by molar-refractivity contribution is 8.16. The standard InChI is InChI=1S/C32H30FN3O5S/c1-4-41-31(38)28-29(21-8-6-5-7-9-21)35-32-36(30(28)25-15-14-24(39-2)17-26(25)40-3)23(19-42-32)16-27(37)34-18-20-10-12-22(33)13-11-20/h5-15,17,19,30H,4,16,18H2,1-3H3,(H,34,37). The molecule has 2 aliphatic heterocycles. The summed E-state index contributed by atoms with van der Waals surface area (Å²) in [5, 5.41) is 5.39. The minimum Gasteiger partial charge on any atom is -0.497 e. The Morgan fingerprint density at radius 1 is 1.02 bits per heavy atom. The maximum absolute atomic E-state index is 13.7. The van der Waals surface area contributed by atoms with Crippen LogP contribution in [0.15, 0.2) is 94.5 Å². The third-order valence-corrected chi connectivity index (χ3v) is 7.72. The third kappa shape index (κ3) is 6.03. The van der Waals surface area contributed by atoms with E-state index in [0.717, 1.165) is 11.1 Å². The minimum absolute atomic E-state index is 0.0267. The van der Waals surface area contributed by atoms with Crippen LogP contribution in [0.5, 0.6) is 11.5 Å². The van der Waals surface area contributed by atoms with Crippen molar-refractivity contribution in [2.45, 2.75) is 25.9 Å². The molecule has 0 aromatic heterocycles. The van der Waals surface area contributed by atoms with Crippen LogP contribution in [0.2, 0.25) is 0 Å². The summed E-state index contributed by atoms with van der Waals surface area (Å²) < 4.78 is 30.1. The van der Waals surface area contributed by atoms with E-state index < -0.39 is 12.0 Å². The number of ether oxygens (including phenoxy) is 3. The lowest BCUT2D eigenvalue weighted by Gasteiger charge is -2.37. The molecular formula is C32H30FN3O5S. The van der Waals surface area contributed by atoms with Crippen LogP contribution in [0.1, 0.15) is 36.1 Å². The normalized spacial score (nSPS) is 15.9. The summed E-state index contributed by atoms with van der Waals surface area (Å²) in [6.07, 6.45) is 0.0267. The number of hydrogen-bond donors (Lipinski definition) is 1. The fourth-order valence-corrected chi connectivity index (χ4v) is 5.78. The Kier molecular flexibility index (Phi) is 8.92. The van der Waals surface area contributed by atoms with E-state index >= 15 is 0 Å². The highest BCUT2D eigenvalue weighted by atomic mass is 32.2. The highest BCUT2D eigenvalue weighted by Gasteiger charge is 2.43. The van der Waals surface area contributed by atoms with Gasteiger partial charge in [-0.3, -0.25) is 4.79 Å². The number of benzene rings is 3. The molecule has 1 N–H and O–H groups in total. The van der Waals surface area contributed by atoms with E-state index in [1.165, 1.54) is 23.9 Å². The van der Waals surface area contributed by atoms with Crippen molar-refractivity contribution in [3.05, 3.63) is 112 Å². The topological polar surface area (TPSA) is 89.5 Å². The van der Waals surface area contributed by atoms with Crippen molar-refractivity contribution in [2.75, 3.05) is 20.8 Å². The molecule has 0 aliphatic carbocycles. The summed E-state index contributed by atoms with van der Waals surface area (Å²) in [6, 6.07) is 20.1. The van der Waals surface area contributed by atoms with Crippen LogP contribution in [0, 0.1) is 5.82 Å². The number of aliphatic imine (C=N–C) groups is 1. The van der Waals surface area contributed by atoms with Gasteiger partial charge in [0.15, 0.2) is 5.17 Å². The average Bonchev–Trinajstić information content (AvgIpc) is 3.42. The number of carbonyl (C=O) groups excluding carboxylic acids is 2. The minimum atomic E-state index is -0.709. The number of esters is 1. The summed E-state index contributed by atoms with van der Waals surface area (Å²) in [7, 11) is 3.13. The molecule has 3 aromatic rings. The van der Waals surface area contributed by atoms with Crippen LogP contribution >= 0.6 is 11.8 Å². The second-order valence-electron chi connectivity index (χ2n) is 9.43. The number of amides is 1. The van der Waals surface area contributed by atoms with E-state index in [2.05, 4.69) is 5.32 Å². The molecule has 0 fully saturated rings. The Morgan fingerprint density at radius 2 is 1.79 bits per heavy atom. The molecule has 3 aromatic carbocycles. The van der Waals surface area contributed by atoms with E-state index in [9.17, 15) is 14.0 Å². The fraction of sp³-hybridized carbons (Fsp3) is 0.219. The molecule has 2 aliphatic rings. The van der Waals surface area contributed by atoms with Crippen molar-refractivity contribution >= 4 is 34.5 Å². The SMILES string of the molecule is CCOC(=O)C1=C(c2ccccc2)N=C2SC=C(CC(=O)NCc3ccc(F)cc3)N2C1c1ccc(OC)cc1OC. The number of hydrogen-bond acceptors (Lipinski definition) is 8. The zero-order valence-corrected chi connectivity index (χ0v) is 24.2. The average molecular weight is 588 g/mol. The zero-order chi connectivity index (χ0) is 29.6. The van der Waals surface area contributed by atoms with Gasteiger partial charge in [-0.05, 0) is 42.2 Å². The van der Waals surface area contributed by atoms with Gasteiger partial charge >= 0.3 is 5.97 Å². The van der Waals surface area contributed by atoms with E-state index in [1.54, 1.807) is 45.4 Å². The van der Waals surface area contributed by atoms with Gasteiger partial charge in [0.25, 0.3) is 0 Å². The first-order valence-corrected chi connectivity index (χ1v) is 14.2. The van der Waals surface area contributed by atoms with Gasteiger partial charge in [0.1, 0.15) is 17.3 Å². The molecule has 1 atom stereocenters. The lowest BCUT2D eigenvalue weighted by atomic mass is 9.90. The first-order valence-electron chi connectivity index (χ1n) is 13.4. The Morgan fingerprint density at radius 3 is 2.48 bits per heavy atom. The number of halogens is 1. The molecular weight excluding hydrogens is 557 g/mol. The van der Waals surface area contributed by atoms with E-state index in [1.807, 2.05) is 46.7 Å². The monoisotopic (exact) mass is 587 g/mol. The van der Waals surface area contributed by atoms with Gasteiger partial charge in [-0.1, -0.05) is 54.2 Å². The molecule has 8 nitrogen and oxygen atoms in total. The Balaban J connectivity index is 1.56. The molecule has 2 heterocycles. The molecule has 0 bridgehead atoms. The van der Waals surface area contributed by atoms with Crippen molar-refractivity contribution in [1.82, 2.24) is 10.2 Å². The van der Waals surface area contributed by atoms with E-state index in [4.69, 9.17) is 19.2 Å². The number of fused-ring (bicyclic) bond motifs is 1. The maximum atomic E-state index is 13.7. The number of methoxy groups -OCH3 is 2. The molecule has 10 heteroatoms. The number of thioether (sulfide) groups is 1. The molecule has 1 unspecified atom stereocenters. The lowest BCUT2D eigenvalue weighted by Crippen LogP contribution is -2.38. The summed E-state index contributed by atoms with van der Waals surface area (Å²) in [6.45, 7) is 2.18. The fourth-order valence-electron chi connectivity index (χ4n) is 4.86. The highest BCUT2D eigenvalue weighted by Crippen LogP contribution is 2.49. The second-order valence-corrected chi connectivity index (χ2v) is 10.3. The van der Waals surface area contributed by atoms with Crippen molar-refractivity contribution in [3.8, 4) is 11.5 Å². The van der Waals surface area contributed by atoms with Gasteiger partial charge in [0, 0.05) is 29.4 Å². The largest absolute Gasteiger partial charge is 0.497 e. The van der Waals surface area contributed by atoms with Gasteiger partial charge in [-0.15, -0.1) is 0 Å². The van der Waals surface area contributed by atoms with Gasteiger partial charge < -0.3 is 24.4 Å². The summed E-state index contributed by atoms with van der Waals surface area (Å²) in [5.74, 6) is 0.0155. The van der Waals surface area contributed by atoms with Crippen LogP contribution in [-0.4, -0.2) is 42.8 Å². The van der Waals surface area contributed by atoms with Crippen molar-refractivity contribution < 1.29 is 28.2 Å². The van der Waals surface area contributed by atoms with Crippen LogP contribution in [0.25, 0.3) is 5.70 Å². The first-order chi connectivity index (χ1) is 20.4. The summed E-state index contributed by atoms with van der Waals surface area (Å²) in [5.41, 5.74) is 3.70. The molecule has 216 valence electrons. The van der Waals surface area contributed by atoms with Crippen LogP contribution in [0.3, 0.4) is 0 Å². The third-order valence-electron chi connectivity index (χ3n) is 6.83. The molecule has 0 saturated carbocycles. The molecule has 0 radical (unpaired) electrons. The number of nitrogens with one attached hydrogen (secondary N) is 1. The maximum Gasteiger partial charge on any atom is 0.338 e.